The lowest BCUT2D eigenvalue weighted by Gasteiger charge is -2.19. The second-order valence-electron chi connectivity index (χ2n) is 5.40. The summed E-state index contributed by atoms with van der Waals surface area (Å²) < 4.78 is 5.34. The summed E-state index contributed by atoms with van der Waals surface area (Å²) in [6.07, 6.45) is 2.20. The van der Waals surface area contributed by atoms with E-state index in [-0.39, 0.29) is 17.8 Å². The number of hydrogen-bond acceptors (Lipinski definition) is 3. The SMILES string of the molecule is CCC(=O)Oc1cc(C(C)CC)c(O)c(C(C)CC)c1. The fraction of sp³-hybridized carbons (Fsp3) is 0.588. The maximum absolute atomic E-state index is 11.5. The molecule has 0 aromatic heterocycles. The monoisotopic (exact) mass is 278 g/mol. The van der Waals surface area contributed by atoms with E-state index in [1.165, 1.54) is 0 Å². The van der Waals surface area contributed by atoms with E-state index < -0.39 is 0 Å². The van der Waals surface area contributed by atoms with Gasteiger partial charge in [0.25, 0.3) is 0 Å². The molecule has 0 saturated heterocycles. The minimum atomic E-state index is -0.249. The van der Waals surface area contributed by atoms with Gasteiger partial charge in [-0.1, -0.05) is 34.6 Å². The van der Waals surface area contributed by atoms with E-state index >= 15 is 0 Å². The van der Waals surface area contributed by atoms with Crippen LogP contribution >= 0.6 is 0 Å². The molecule has 1 N–H and O–H groups in total. The quantitative estimate of drug-likeness (QED) is 0.604. The average Bonchev–Trinajstić information content (AvgIpc) is 2.46. The zero-order valence-corrected chi connectivity index (χ0v) is 13.2. The highest BCUT2D eigenvalue weighted by molar-refractivity contribution is 5.72. The summed E-state index contributed by atoms with van der Waals surface area (Å²) in [5, 5.41) is 10.5. The number of ether oxygens (including phenoxy) is 1. The van der Waals surface area contributed by atoms with Crippen LogP contribution in [0.15, 0.2) is 12.1 Å². The van der Waals surface area contributed by atoms with Crippen molar-refractivity contribution in [2.45, 2.75) is 65.7 Å². The Morgan fingerprint density at radius 2 is 1.55 bits per heavy atom. The Kier molecular flexibility index (Phi) is 6.05. The Labute approximate surface area is 122 Å². The Hall–Kier alpha value is -1.51. The Morgan fingerprint density at radius 3 is 1.90 bits per heavy atom. The number of rotatable bonds is 6. The predicted octanol–water partition coefficient (Wildman–Crippen LogP) is 4.73. The van der Waals surface area contributed by atoms with Gasteiger partial charge < -0.3 is 9.84 Å². The Balaban J connectivity index is 3.29. The lowest BCUT2D eigenvalue weighted by atomic mass is 9.90. The van der Waals surface area contributed by atoms with Gasteiger partial charge in [-0.15, -0.1) is 0 Å². The van der Waals surface area contributed by atoms with Crippen molar-refractivity contribution in [3.05, 3.63) is 23.3 Å². The van der Waals surface area contributed by atoms with Crippen LogP contribution in [0.4, 0.5) is 0 Å². The molecule has 0 aliphatic rings. The summed E-state index contributed by atoms with van der Waals surface area (Å²) in [4.78, 5) is 11.5. The van der Waals surface area contributed by atoms with Crippen molar-refractivity contribution in [3.8, 4) is 11.5 Å². The van der Waals surface area contributed by atoms with Crippen molar-refractivity contribution in [3.63, 3.8) is 0 Å². The Morgan fingerprint density at radius 1 is 1.10 bits per heavy atom. The average molecular weight is 278 g/mol. The van der Waals surface area contributed by atoms with Crippen LogP contribution in [0.1, 0.15) is 76.8 Å². The van der Waals surface area contributed by atoms with Gasteiger partial charge in [0.05, 0.1) is 0 Å². The van der Waals surface area contributed by atoms with E-state index in [2.05, 4.69) is 27.7 Å². The first-order valence-corrected chi connectivity index (χ1v) is 7.51. The molecule has 2 atom stereocenters. The molecule has 0 spiro atoms. The molecule has 0 amide bonds. The van der Waals surface area contributed by atoms with E-state index in [1.54, 1.807) is 19.1 Å². The highest BCUT2D eigenvalue weighted by atomic mass is 16.5. The third-order valence-corrected chi connectivity index (χ3v) is 3.95. The van der Waals surface area contributed by atoms with Crippen LogP contribution in [0.3, 0.4) is 0 Å². The number of phenolic OH excluding ortho intramolecular Hbond substituents is 1. The maximum atomic E-state index is 11.5. The number of esters is 1. The molecule has 20 heavy (non-hydrogen) atoms. The van der Waals surface area contributed by atoms with E-state index in [0.29, 0.717) is 17.9 Å². The summed E-state index contributed by atoms with van der Waals surface area (Å²) in [5.74, 6) is 1.11. The van der Waals surface area contributed by atoms with Crippen LogP contribution in [-0.4, -0.2) is 11.1 Å². The second-order valence-corrected chi connectivity index (χ2v) is 5.40. The van der Waals surface area contributed by atoms with Crippen molar-refractivity contribution < 1.29 is 14.6 Å². The van der Waals surface area contributed by atoms with E-state index in [9.17, 15) is 9.90 Å². The van der Waals surface area contributed by atoms with E-state index in [0.717, 1.165) is 24.0 Å². The van der Waals surface area contributed by atoms with Crippen LogP contribution < -0.4 is 4.74 Å². The zero-order chi connectivity index (χ0) is 15.3. The van der Waals surface area contributed by atoms with Crippen LogP contribution in [0.25, 0.3) is 0 Å². The van der Waals surface area contributed by atoms with Crippen LogP contribution in [0, 0.1) is 0 Å². The minimum Gasteiger partial charge on any atom is -0.507 e. The van der Waals surface area contributed by atoms with Gasteiger partial charge in [-0.3, -0.25) is 4.79 Å². The van der Waals surface area contributed by atoms with Crippen LogP contribution in [0.2, 0.25) is 0 Å². The van der Waals surface area contributed by atoms with Gasteiger partial charge in [0.1, 0.15) is 11.5 Å². The molecule has 3 heteroatoms. The van der Waals surface area contributed by atoms with E-state index in [1.807, 2.05) is 0 Å². The van der Waals surface area contributed by atoms with E-state index in [4.69, 9.17) is 4.74 Å². The van der Waals surface area contributed by atoms with Gasteiger partial charge in [-0.05, 0) is 36.8 Å². The molecular formula is C17H26O3. The van der Waals surface area contributed by atoms with Gasteiger partial charge >= 0.3 is 5.97 Å². The zero-order valence-electron chi connectivity index (χ0n) is 13.2. The molecule has 3 nitrogen and oxygen atoms in total. The summed E-state index contributed by atoms with van der Waals surface area (Å²) in [6.45, 7) is 10.1. The lowest BCUT2D eigenvalue weighted by molar-refractivity contribution is -0.134. The first kappa shape index (κ1) is 16.5. The Bertz CT molecular complexity index is 434. The molecule has 0 aliphatic carbocycles. The summed E-state index contributed by atoms with van der Waals surface area (Å²) in [7, 11) is 0. The molecule has 1 rings (SSSR count). The normalized spacial score (nSPS) is 13.8. The number of carbonyl (C=O) groups excluding carboxylic acids is 1. The number of benzene rings is 1. The number of aromatic hydroxyl groups is 1. The standard InChI is InChI=1S/C17H26O3/c1-6-11(4)14-9-13(20-16(18)8-3)10-15(17(14)19)12(5)7-2/h9-12,19H,6-8H2,1-5H3. The molecule has 2 unspecified atom stereocenters. The fourth-order valence-corrected chi connectivity index (χ4v) is 2.11. The van der Waals surface area contributed by atoms with Crippen molar-refractivity contribution in [2.75, 3.05) is 0 Å². The van der Waals surface area contributed by atoms with Gasteiger partial charge in [-0.2, -0.15) is 0 Å². The topological polar surface area (TPSA) is 46.5 Å². The van der Waals surface area contributed by atoms with Gasteiger partial charge in [0.15, 0.2) is 0 Å². The van der Waals surface area contributed by atoms with Gasteiger partial charge in [-0.25, -0.2) is 0 Å². The number of carbonyl (C=O) groups is 1. The van der Waals surface area contributed by atoms with Crippen molar-refractivity contribution in [1.82, 2.24) is 0 Å². The predicted molar refractivity (Wildman–Crippen MR) is 81.4 cm³/mol. The van der Waals surface area contributed by atoms with Gasteiger partial charge in [0.2, 0.25) is 0 Å². The highest BCUT2D eigenvalue weighted by Gasteiger charge is 2.19. The van der Waals surface area contributed by atoms with Gasteiger partial charge in [0, 0.05) is 17.5 Å². The third-order valence-electron chi connectivity index (χ3n) is 3.95. The third kappa shape index (κ3) is 3.75. The second kappa shape index (κ2) is 7.32. The number of phenols is 1. The van der Waals surface area contributed by atoms with Crippen molar-refractivity contribution >= 4 is 5.97 Å². The molecule has 0 bridgehead atoms. The fourth-order valence-electron chi connectivity index (χ4n) is 2.11. The molecule has 1 aromatic carbocycles. The number of hydrogen-bond donors (Lipinski definition) is 1. The van der Waals surface area contributed by atoms with Crippen LogP contribution in [0.5, 0.6) is 11.5 Å². The molecule has 112 valence electrons. The molecule has 0 saturated carbocycles. The minimum absolute atomic E-state index is 0.234. The molecular weight excluding hydrogens is 252 g/mol. The molecule has 0 fully saturated rings. The van der Waals surface area contributed by atoms with Crippen molar-refractivity contribution in [1.29, 1.82) is 0 Å². The smallest absolute Gasteiger partial charge is 0.310 e. The molecule has 0 radical (unpaired) electrons. The first-order valence-electron chi connectivity index (χ1n) is 7.51. The van der Waals surface area contributed by atoms with Crippen LogP contribution in [-0.2, 0) is 4.79 Å². The molecule has 0 heterocycles. The molecule has 0 aliphatic heterocycles. The summed E-state index contributed by atoms with van der Waals surface area (Å²) in [6, 6.07) is 3.59. The van der Waals surface area contributed by atoms with Crippen molar-refractivity contribution in [2.24, 2.45) is 0 Å². The largest absolute Gasteiger partial charge is 0.507 e. The summed E-state index contributed by atoms with van der Waals surface area (Å²) in [5.41, 5.74) is 1.73. The lowest BCUT2D eigenvalue weighted by Crippen LogP contribution is -2.07. The highest BCUT2D eigenvalue weighted by Crippen LogP contribution is 2.39. The summed E-state index contributed by atoms with van der Waals surface area (Å²) >= 11 is 0. The maximum Gasteiger partial charge on any atom is 0.310 e. The first-order chi connectivity index (χ1) is 9.44. The molecule has 1 aromatic rings.